The summed E-state index contributed by atoms with van der Waals surface area (Å²) in [5.74, 6) is -15.9. The molecule has 0 N–H and O–H groups in total. The van der Waals surface area contributed by atoms with Gasteiger partial charge in [-0.05, 0) is 54.9 Å². The van der Waals surface area contributed by atoms with Crippen LogP contribution in [0.5, 0.6) is 5.75 Å². The van der Waals surface area contributed by atoms with E-state index < -0.39 is 52.3 Å². The zero-order chi connectivity index (χ0) is 30.7. The van der Waals surface area contributed by atoms with Gasteiger partial charge < -0.3 is 14.1 Å². The van der Waals surface area contributed by atoms with E-state index in [0.717, 1.165) is 11.1 Å². The van der Waals surface area contributed by atoms with Crippen LogP contribution < -0.4 is 4.74 Å². The van der Waals surface area contributed by atoms with E-state index in [1.165, 1.54) is 6.07 Å². The summed E-state index contributed by atoms with van der Waals surface area (Å²) in [4.78, 5) is 43.0. The molecule has 216 valence electrons. The van der Waals surface area contributed by atoms with E-state index >= 15 is 0 Å². The number of hydrogen-bond donors (Lipinski definition) is 0. The Morgan fingerprint density at radius 1 is 0.884 bits per heavy atom. The van der Waals surface area contributed by atoms with Crippen molar-refractivity contribution in [3.05, 3.63) is 112 Å². The maximum atomic E-state index is 14.0. The standard InChI is InChI=1S/C31H17F5N2O5/c1-3-38-18-10-8-14(27(39)15-7-5-4-6-13(15)2)12-17(18)20-19(38)11-9-16-28(40)30(42-29(16)20)37-43-31(41)21-22(32)24(34)26(36)25(35)23(21)33/h4-12H,3H2,1-2H3/b37-30-. The number of rotatable bonds is 5. The minimum atomic E-state index is -2.46. The second-order valence-electron chi connectivity index (χ2n) is 9.61. The van der Waals surface area contributed by atoms with E-state index in [1.807, 2.05) is 30.5 Å². The van der Waals surface area contributed by atoms with Crippen molar-refractivity contribution in [1.82, 2.24) is 4.57 Å². The van der Waals surface area contributed by atoms with Crippen LogP contribution in [0.4, 0.5) is 22.0 Å². The molecule has 43 heavy (non-hydrogen) atoms. The summed E-state index contributed by atoms with van der Waals surface area (Å²) >= 11 is 0. The van der Waals surface area contributed by atoms with Crippen LogP contribution in [-0.4, -0.2) is 28.0 Å². The van der Waals surface area contributed by atoms with E-state index in [0.29, 0.717) is 34.0 Å². The Hall–Kier alpha value is -5.39. The molecule has 1 aliphatic heterocycles. The van der Waals surface area contributed by atoms with Crippen LogP contribution in [0.25, 0.3) is 21.8 Å². The number of carbonyl (C=O) groups excluding carboxylic acids is 3. The summed E-state index contributed by atoms with van der Waals surface area (Å²) in [5, 5.41) is 4.24. The van der Waals surface area contributed by atoms with Gasteiger partial charge in [0, 0.05) is 28.6 Å². The molecule has 0 saturated carbocycles. The van der Waals surface area contributed by atoms with Gasteiger partial charge in [-0.25, -0.2) is 26.7 Å². The number of Topliss-reactive ketones (excluding diaryl/α,β-unsaturated/α-hetero) is 1. The second kappa shape index (κ2) is 10.2. The molecule has 1 aliphatic rings. The second-order valence-corrected chi connectivity index (χ2v) is 9.61. The van der Waals surface area contributed by atoms with Crippen molar-refractivity contribution < 1.29 is 45.9 Å². The molecule has 2 heterocycles. The fraction of sp³-hybridized carbons (Fsp3) is 0.0968. The summed E-state index contributed by atoms with van der Waals surface area (Å²) < 4.78 is 76.1. The number of hydrogen-bond acceptors (Lipinski definition) is 6. The van der Waals surface area contributed by atoms with Crippen molar-refractivity contribution in [2.75, 3.05) is 0 Å². The van der Waals surface area contributed by atoms with Crippen molar-refractivity contribution in [1.29, 1.82) is 0 Å². The van der Waals surface area contributed by atoms with Gasteiger partial charge in [-0.3, -0.25) is 9.59 Å². The molecule has 0 fully saturated rings. The molecule has 0 radical (unpaired) electrons. The summed E-state index contributed by atoms with van der Waals surface area (Å²) in [6.07, 6.45) is 0. The number of nitrogens with zero attached hydrogens (tertiary/aromatic N) is 2. The van der Waals surface area contributed by atoms with Crippen LogP contribution in [0.3, 0.4) is 0 Å². The third-order valence-corrected chi connectivity index (χ3v) is 7.21. The largest absolute Gasteiger partial charge is 0.432 e. The monoisotopic (exact) mass is 592 g/mol. The lowest BCUT2D eigenvalue weighted by Crippen LogP contribution is -2.17. The molecule has 6 rings (SSSR count). The normalized spacial score (nSPS) is 13.6. The Labute approximate surface area is 238 Å². The van der Waals surface area contributed by atoms with E-state index in [-0.39, 0.29) is 17.1 Å². The fourth-order valence-electron chi connectivity index (χ4n) is 5.14. The molecule has 0 atom stereocenters. The molecule has 0 aliphatic carbocycles. The SMILES string of the molecule is CCn1c2ccc(C(=O)c3ccccc3C)cc2c2c3c(ccc21)C(=O)/C(=N/OC(=O)c1c(F)c(F)c(F)c(F)c1F)O3. The molecular formula is C31H17F5N2O5. The number of fused-ring (bicyclic) bond motifs is 5. The third kappa shape index (κ3) is 4.17. The lowest BCUT2D eigenvalue weighted by atomic mass is 9.97. The zero-order valence-electron chi connectivity index (χ0n) is 22.2. The quantitative estimate of drug-likeness (QED) is 0.0560. The number of carbonyl (C=O) groups is 3. The number of halogens is 5. The highest BCUT2D eigenvalue weighted by atomic mass is 19.2. The van der Waals surface area contributed by atoms with Crippen LogP contribution in [0.1, 0.15) is 49.1 Å². The van der Waals surface area contributed by atoms with E-state index in [4.69, 9.17) is 4.74 Å². The van der Waals surface area contributed by atoms with Gasteiger partial charge in [0.2, 0.25) is 5.82 Å². The van der Waals surface area contributed by atoms with Gasteiger partial charge >= 0.3 is 11.9 Å². The molecule has 12 heteroatoms. The molecule has 0 saturated heterocycles. The van der Waals surface area contributed by atoms with Crippen LogP contribution >= 0.6 is 0 Å². The molecule has 0 amide bonds. The summed E-state index contributed by atoms with van der Waals surface area (Å²) in [5.41, 5.74) is 1.18. The van der Waals surface area contributed by atoms with Crippen molar-refractivity contribution >= 4 is 45.2 Å². The van der Waals surface area contributed by atoms with Gasteiger partial charge in [-0.15, -0.1) is 0 Å². The first-order chi connectivity index (χ1) is 20.5. The number of ketones is 2. The predicted molar refractivity (Wildman–Crippen MR) is 144 cm³/mol. The minimum Gasteiger partial charge on any atom is -0.432 e. The highest BCUT2D eigenvalue weighted by molar-refractivity contribution is 6.47. The Morgan fingerprint density at radius 3 is 2.21 bits per heavy atom. The highest BCUT2D eigenvalue weighted by Gasteiger charge is 2.35. The van der Waals surface area contributed by atoms with Crippen molar-refractivity contribution in [2.45, 2.75) is 20.4 Å². The van der Waals surface area contributed by atoms with Gasteiger partial charge in [0.05, 0.1) is 16.5 Å². The first-order valence-electron chi connectivity index (χ1n) is 12.8. The zero-order valence-corrected chi connectivity index (χ0v) is 22.2. The first-order valence-corrected chi connectivity index (χ1v) is 12.8. The number of ether oxygens (including phenoxy) is 1. The topological polar surface area (TPSA) is 87.0 Å². The Bertz CT molecular complexity index is 2070. The smallest absolute Gasteiger partial charge is 0.372 e. The molecule has 0 unspecified atom stereocenters. The van der Waals surface area contributed by atoms with Crippen LogP contribution in [0.15, 0.2) is 59.8 Å². The lowest BCUT2D eigenvalue weighted by molar-refractivity contribution is 0.0493. The maximum absolute atomic E-state index is 14.0. The van der Waals surface area contributed by atoms with Crippen molar-refractivity contribution in [3.63, 3.8) is 0 Å². The molecule has 4 aromatic carbocycles. The van der Waals surface area contributed by atoms with E-state index in [9.17, 15) is 36.3 Å². The average molecular weight is 592 g/mol. The number of benzene rings is 4. The first kappa shape index (κ1) is 27.8. The molecule has 7 nitrogen and oxygen atoms in total. The van der Waals surface area contributed by atoms with Crippen LogP contribution in [-0.2, 0) is 11.4 Å². The molecule has 5 aromatic rings. The molecule has 0 bridgehead atoms. The van der Waals surface area contributed by atoms with Gasteiger partial charge in [0.1, 0.15) is 5.56 Å². The van der Waals surface area contributed by atoms with Gasteiger partial charge in [0.15, 0.2) is 34.8 Å². The van der Waals surface area contributed by atoms with Crippen LogP contribution in [0, 0.1) is 36.0 Å². The highest BCUT2D eigenvalue weighted by Crippen LogP contribution is 2.41. The minimum absolute atomic E-state index is 0.00400. The molecular weight excluding hydrogens is 575 g/mol. The summed E-state index contributed by atoms with van der Waals surface area (Å²) in [6, 6.07) is 15.4. The van der Waals surface area contributed by atoms with Crippen molar-refractivity contribution in [3.8, 4) is 5.75 Å². The Kier molecular flexibility index (Phi) is 6.56. The summed E-state index contributed by atoms with van der Waals surface area (Å²) in [6.45, 7) is 4.23. The van der Waals surface area contributed by atoms with Gasteiger partial charge in [-0.2, -0.15) is 0 Å². The van der Waals surface area contributed by atoms with Crippen LogP contribution in [0.2, 0.25) is 0 Å². The van der Waals surface area contributed by atoms with Crippen molar-refractivity contribution in [2.24, 2.45) is 5.16 Å². The number of oxime groups is 1. The van der Waals surface area contributed by atoms with E-state index in [2.05, 4.69) is 9.99 Å². The maximum Gasteiger partial charge on any atom is 0.372 e. The average Bonchev–Trinajstić information content (AvgIpc) is 3.51. The molecule has 0 spiro atoms. The van der Waals surface area contributed by atoms with Gasteiger partial charge in [-0.1, -0.05) is 24.3 Å². The molecule has 1 aromatic heterocycles. The Balaban J connectivity index is 1.42. The summed E-state index contributed by atoms with van der Waals surface area (Å²) in [7, 11) is 0. The number of aromatic nitrogens is 1. The predicted octanol–water partition coefficient (Wildman–Crippen LogP) is 6.79. The number of aryl methyl sites for hydroxylation is 2. The lowest BCUT2D eigenvalue weighted by Gasteiger charge is -2.06. The van der Waals surface area contributed by atoms with E-state index in [1.54, 1.807) is 36.4 Å². The Morgan fingerprint density at radius 2 is 1.53 bits per heavy atom. The fourth-order valence-corrected chi connectivity index (χ4v) is 5.14. The van der Waals surface area contributed by atoms with Gasteiger partial charge in [0.25, 0.3) is 5.78 Å². The third-order valence-electron chi connectivity index (χ3n) is 7.21.